The zero-order chi connectivity index (χ0) is 16.5. The van der Waals surface area contributed by atoms with Crippen LogP contribution in [0.1, 0.15) is 34.8 Å². The van der Waals surface area contributed by atoms with E-state index in [1.165, 1.54) is 0 Å². The van der Waals surface area contributed by atoms with Crippen molar-refractivity contribution in [2.45, 2.75) is 18.8 Å². The second-order valence-corrected chi connectivity index (χ2v) is 6.37. The number of hydrogen-bond donors (Lipinski definition) is 0. The predicted octanol–water partition coefficient (Wildman–Crippen LogP) is 2.99. The highest BCUT2D eigenvalue weighted by Crippen LogP contribution is 2.28. The fourth-order valence-corrected chi connectivity index (χ4v) is 3.58. The monoisotopic (exact) mass is 320 g/mol. The lowest BCUT2D eigenvalue weighted by atomic mass is 9.93. The number of carbonyl (C=O) groups excluding carboxylic acids is 1. The molecule has 4 rings (SSSR count). The number of piperidine rings is 1. The van der Waals surface area contributed by atoms with Gasteiger partial charge in [-0.05, 0) is 18.9 Å². The Morgan fingerprint density at radius 1 is 1.17 bits per heavy atom. The molecule has 24 heavy (non-hydrogen) atoms. The third-order valence-corrected chi connectivity index (χ3v) is 4.91. The lowest BCUT2D eigenvalue weighted by molar-refractivity contribution is 0.0714. The van der Waals surface area contributed by atoms with Crippen LogP contribution in [0.3, 0.4) is 0 Å². The molecule has 5 nitrogen and oxygen atoms in total. The fraction of sp³-hybridized carbons (Fsp3) is 0.316. The van der Waals surface area contributed by atoms with Crippen molar-refractivity contribution in [1.82, 2.24) is 19.4 Å². The average Bonchev–Trinajstić information content (AvgIpc) is 2.99. The molecule has 5 heteroatoms. The maximum absolute atomic E-state index is 13.0. The fourth-order valence-electron chi connectivity index (χ4n) is 3.58. The minimum absolute atomic E-state index is 0.129. The minimum Gasteiger partial charge on any atom is -0.350 e. The second-order valence-electron chi connectivity index (χ2n) is 6.37. The Bertz CT molecular complexity index is 863. The van der Waals surface area contributed by atoms with Gasteiger partial charge in [-0.15, -0.1) is 0 Å². The van der Waals surface area contributed by atoms with Gasteiger partial charge >= 0.3 is 0 Å². The van der Waals surface area contributed by atoms with E-state index in [9.17, 15) is 4.79 Å². The Hall–Kier alpha value is -2.69. The van der Waals surface area contributed by atoms with Gasteiger partial charge in [0.2, 0.25) is 0 Å². The summed E-state index contributed by atoms with van der Waals surface area (Å²) in [6, 6.07) is 8.06. The van der Waals surface area contributed by atoms with Gasteiger partial charge < -0.3 is 9.47 Å². The van der Waals surface area contributed by atoms with Crippen LogP contribution in [0.2, 0.25) is 0 Å². The molecule has 1 aliphatic heterocycles. The summed E-state index contributed by atoms with van der Waals surface area (Å²) in [7, 11) is 1.99. The van der Waals surface area contributed by atoms with Crippen LogP contribution in [0.4, 0.5) is 0 Å². The van der Waals surface area contributed by atoms with Gasteiger partial charge in [-0.1, -0.05) is 18.2 Å². The number of amides is 1. The number of nitrogens with zero attached hydrogens (tertiary/aromatic N) is 4. The van der Waals surface area contributed by atoms with Gasteiger partial charge in [0.1, 0.15) is 0 Å². The maximum atomic E-state index is 13.0. The zero-order valence-corrected chi connectivity index (χ0v) is 13.7. The number of rotatable bonds is 2. The molecule has 1 saturated heterocycles. The molecule has 3 aromatic rings. The van der Waals surface area contributed by atoms with Crippen LogP contribution < -0.4 is 0 Å². The van der Waals surface area contributed by atoms with Gasteiger partial charge in [0.05, 0.1) is 11.3 Å². The van der Waals surface area contributed by atoms with E-state index < -0.39 is 0 Å². The number of fused-ring (bicyclic) bond motifs is 1. The van der Waals surface area contributed by atoms with E-state index in [1.807, 2.05) is 53.2 Å². The third-order valence-electron chi connectivity index (χ3n) is 4.91. The number of para-hydroxylation sites is 1. The molecule has 0 unspecified atom stereocenters. The van der Waals surface area contributed by atoms with E-state index in [-0.39, 0.29) is 5.91 Å². The summed E-state index contributed by atoms with van der Waals surface area (Å²) in [5, 5.41) is 1.03. The van der Waals surface area contributed by atoms with Crippen molar-refractivity contribution in [3.8, 4) is 0 Å². The molecule has 0 bridgehead atoms. The summed E-state index contributed by atoms with van der Waals surface area (Å²) in [5.41, 5.74) is 2.93. The summed E-state index contributed by atoms with van der Waals surface area (Å²) in [6.45, 7) is 1.53. The number of likely N-dealkylation sites (tertiary alicyclic amines) is 1. The molecule has 122 valence electrons. The van der Waals surface area contributed by atoms with Crippen LogP contribution in [-0.2, 0) is 7.05 Å². The van der Waals surface area contributed by atoms with Crippen LogP contribution >= 0.6 is 0 Å². The largest absolute Gasteiger partial charge is 0.350 e. The van der Waals surface area contributed by atoms with Gasteiger partial charge in [0.25, 0.3) is 5.91 Å². The van der Waals surface area contributed by atoms with Crippen LogP contribution in [0, 0.1) is 0 Å². The first-order valence-corrected chi connectivity index (χ1v) is 8.33. The summed E-state index contributed by atoms with van der Waals surface area (Å²) >= 11 is 0. The van der Waals surface area contributed by atoms with Gasteiger partial charge in [-0.3, -0.25) is 14.8 Å². The van der Waals surface area contributed by atoms with Crippen molar-refractivity contribution in [1.29, 1.82) is 0 Å². The molecule has 1 amide bonds. The maximum Gasteiger partial charge on any atom is 0.256 e. The first-order valence-electron chi connectivity index (χ1n) is 8.33. The number of aryl methyl sites for hydroxylation is 1. The van der Waals surface area contributed by atoms with Gasteiger partial charge in [0.15, 0.2) is 0 Å². The predicted molar refractivity (Wildman–Crippen MR) is 92.8 cm³/mol. The van der Waals surface area contributed by atoms with E-state index in [1.54, 1.807) is 12.4 Å². The van der Waals surface area contributed by atoms with Crippen LogP contribution in [0.25, 0.3) is 10.9 Å². The van der Waals surface area contributed by atoms with Crippen molar-refractivity contribution in [2.75, 3.05) is 13.1 Å². The van der Waals surface area contributed by atoms with E-state index in [0.29, 0.717) is 5.92 Å². The number of carbonyl (C=O) groups is 1. The zero-order valence-electron chi connectivity index (χ0n) is 13.7. The van der Waals surface area contributed by atoms with Crippen molar-refractivity contribution in [3.63, 3.8) is 0 Å². The Morgan fingerprint density at radius 2 is 1.96 bits per heavy atom. The van der Waals surface area contributed by atoms with E-state index in [0.717, 1.165) is 48.1 Å². The van der Waals surface area contributed by atoms with Gasteiger partial charge in [-0.25, -0.2) is 0 Å². The SMILES string of the molecule is Cn1cc(C(=O)N2CCC(c3cnccn3)CC2)c2ccccc21. The molecular weight excluding hydrogens is 300 g/mol. The molecule has 0 aliphatic carbocycles. The number of hydrogen-bond acceptors (Lipinski definition) is 3. The van der Waals surface area contributed by atoms with Gasteiger partial charge in [-0.2, -0.15) is 0 Å². The highest BCUT2D eigenvalue weighted by Gasteiger charge is 2.26. The Labute approximate surface area is 140 Å². The first-order chi connectivity index (χ1) is 11.7. The summed E-state index contributed by atoms with van der Waals surface area (Å²) in [4.78, 5) is 23.5. The third kappa shape index (κ3) is 2.56. The summed E-state index contributed by atoms with van der Waals surface area (Å²) < 4.78 is 2.02. The molecule has 0 atom stereocenters. The summed E-state index contributed by atoms with van der Waals surface area (Å²) in [5.74, 6) is 0.527. The lowest BCUT2D eigenvalue weighted by Gasteiger charge is -2.31. The molecular formula is C19H20N4O. The molecule has 0 radical (unpaired) electrons. The second kappa shape index (κ2) is 6.07. The van der Waals surface area contributed by atoms with Crippen LogP contribution in [-0.4, -0.2) is 38.4 Å². The first kappa shape index (κ1) is 14.9. The normalized spacial score (nSPS) is 15.8. The van der Waals surface area contributed by atoms with Crippen molar-refractivity contribution in [2.24, 2.45) is 7.05 Å². The highest BCUT2D eigenvalue weighted by atomic mass is 16.2. The van der Waals surface area contributed by atoms with Crippen LogP contribution in [0.5, 0.6) is 0 Å². The molecule has 3 heterocycles. The van der Waals surface area contributed by atoms with Crippen molar-refractivity contribution in [3.05, 3.63) is 60.3 Å². The molecule has 0 N–H and O–H groups in total. The molecule has 1 aliphatic rings. The Morgan fingerprint density at radius 3 is 2.71 bits per heavy atom. The Kier molecular flexibility index (Phi) is 3.76. The molecule has 0 spiro atoms. The standard InChI is InChI=1S/C19H20N4O/c1-22-13-16(15-4-2-3-5-18(15)22)19(24)23-10-6-14(7-11-23)17-12-20-8-9-21-17/h2-5,8-9,12-14H,6-7,10-11H2,1H3. The number of benzene rings is 1. The van der Waals surface area contributed by atoms with Crippen LogP contribution in [0.15, 0.2) is 49.1 Å². The molecule has 0 saturated carbocycles. The van der Waals surface area contributed by atoms with E-state index >= 15 is 0 Å². The average molecular weight is 320 g/mol. The van der Waals surface area contributed by atoms with E-state index in [2.05, 4.69) is 9.97 Å². The molecule has 1 aromatic carbocycles. The van der Waals surface area contributed by atoms with Crippen molar-refractivity contribution >= 4 is 16.8 Å². The quantitative estimate of drug-likeness (QED) is 0.729. The lowest BCUT2D eigenvalue weighted by Crippen LogP contribution is -2.38. The molecule has 1 fully saturated rings. The van der Waals surface area contributed by atoms with Gasteiger partial charge in [0, 0.05) is 61.7 Å². The Balaban J connectivity index is 1.52. The highest BCUT2D eigenvalue weighted by molar-refractivity contribution is 6.07. The molecule has 2 aromatic heterocycles. The van der Waals surface area contributed by atoms with E-state index in [4.69, 9.17) is 0 Å². The number of aromatic nitrogens is 3. The summed E-state index contributed by atoms with van der Waals surface area (Å²) in [6.07, 6.45) is 9.10. The smallest absolute Gasteiger partial charge is 0.256 e. The topological polar surface area (TPSA) is 51.0 Å². The van der Waals surface area contributed by atoms with Crippen molar-refractivity contribution < 1.29 is 4.79 Å². The minimum atomic E-state index is 0.129.